The van der Waals surface area contributed by atoms with E-state index in [9.17, 15) is 23.2 Å². The Hall–Kier alpha value is -3.29. The second kappa shape index (κ2) is 8.88. The Bertz CT molecular complexity index is 871. The van der Waals surface area contributed by atoms with Gasteiger partial charge in [-0.2, -0.15) is 0 Å². The molecule has 6 nitrogen and oxygen atoms in total. The van der Waals surface area contributed by atoms with Gasteiger partial charge in [0.05, 0.1) is 5.56 Å². The molecule has 0 aliphatic rings. The maximum atomic E-state index is 13.5. The molecule has 2 aromatic rings. The molecule has 0 atom stereocenters. The summed E-state index contributed by atoms with van der Waals surface area (Å²) < 4.78 is 26.4. The van der Waals surface area contributed by atoms with Crippen molar-refractivity contribution >= 4 is 17.7 Å². The number of nitrogens with zero attached hydrogens (tertiary/aromatic N) is 1. The van der Waals surface area contributed by atoms with E-state index in [1.54, 1.807) is 31.3 Å². The molecule has 0 heterocycles. The van der Waals surface area contributed by atoms with Gasteiger partial charge in [0.1, 0.15) is 11.6 Å². The number of amides is 3. The fourth-order valence-corrected chi connectivity index (χ4v) is 2.43. The Morgan fingerprint density at radius 2 is 1.85 bits per heavy atom. The first-order chi connectivity index (χ1) is 12.8. The number of carbonyl (C=O) groups excluding carboxylic acids is 3. The van der Waals surface area contributed by atoms with Crippen molar-refractivity contribution in [2.75, 3.05) is 13.6 Å². The van der Waals surface area contributed by atoms with Gasteiger partial charge in [0, 0.05) is 38.2 Å². The summed E-state index contributed by atoms with van der Waals surface area (Å²) in [6.45, 7) is 0.265. The third-order valence-corrected chi connectivity index (χ3v) is 3.86. The molecule has 3 amide bonds. The highest BCUT2D eigenvalue weighted by atomic mass is 19.1. The molecule has 0 aliphatic heterocycles. The van der Waals surface area contributed by atoms with Crippen molar-refractivity contribution in [3.05, 3.63) is 70.8 Å². The monoisotopic (exact) mass is 375 g/mol. The summed E-state index contributed by atoms with van der Waals surface area (Å²) in [6.07, 6.45) is 0.000559. The molecular weight excluding hydrogens is 356 g/mol. The second-order valence-electron chi connectivity index (χ2n) is 5.94. The number of benzene rings is 2. The number of nitrogens with two attached hydrogens (primary N) is 1. The Labute approximate surface area is 155 Å². The van der Waals surface area contributed by atoms with Crippen molar-refractivity contribution in [3.63, 3.8) is 0 Å². The van der Waals surface area contributed by atoms with Crippen LogP contribution in [0.1, 0.15) is 32.7 Å². The third kappa shape index (κ3) is 5.60. The lowest BCUT2D eigenvalue weighted by Crippen LogP contribution is -2.32. The van der Waals surface area contributed by atoms with Gasteiger partial charge in [-0.3, -0.25) is 14.4 Å². The van der Waals surface area contributed by atoms with E-state index in [0.717, 1.165) is 17.7 Å². The van der Waals surface area contributed by atoms with Crippen LogP contribution >= 0.6 is 0 Å². The van der Waals surface area contributed by atoms with E-state index in [0.29, 0.717) is 11.6 Å². The quantitative estimate of drug-likeness (QED) is 0.773. The number of halogens is 2. The standard InChI is InChI=1S/C19H19F2N3O3/c1-24(11-12-3-2-4-13(9-12)18(22)26)17(25)7-8-23-19(27)15-6-5-14(20)10-16(15)21/h2-6,9-10H,7-8,11H2,1H3,(H2,22,26)(H,23,27). The molecule has 0 bridgehead atoms. The van der Waals surface area contributed by atoms with E-state index in [-0.39, 0.29) is 31.0 Å². The molecule has 0 aromatic heterocycles. The molecule has 2 rings (SSSR count). The average Bonchev–Trinajstić information content (AvgIpc) is 2.61. The molecule has 2 aromatic carbocycles. The van der Waals surface area contributed by atoms with Gasteiger partial charge < -0.3 is 16.0 Å². The molecule has 0 unspecified atom stereocenters. The van der Waals surface area contributed by atoms with Crippen LogP contribution in [-0.2, 0) is 11.3 Å². The first-order valence-corrected chi connectivity index (χ1v) is 8.14. The Morgan fingerprint density at radius 3 is 2.52 bits per heavy atom. The fraction of sp³-hybridized carbons (Fsp3) is 0.211. The molecule has 0 spiro atoms. The van der Waals surface area contributed by atoms with Crippen molar-refractivity contribution in [2.24, 2.45) is 5.73 Å². The van der Waals surface area contributed by atoms with Gasteiger partial charge in [-0.15, -0.1) is 0 Å². The highest BCUT2D eigenvalue weighted by Gasteiger charge is 2.14. The molecule has 0 saturated carbocycles. The maximum absolute atomic E-state index is 13.5. The van der Waals surface area contributed by atoms with Gasteiger partial charge in [0.15, 0.2) is 0 Å². The fourth-order valence-electron chi connectivity index (χ4n) is 2.43. The average molecular weight is 375 g/mol. The zero-order chi connectivity index (χ0) is 20.0. The number of primary amides is 1. The maximum Gasteiger partial charge on any atom is 0.254 e. The van der Waals surface area contributed by atoms with Gasteiger partial charge in [0.2, 0.25) is 11.8 Å². The zero-order valence-corrected chi connectivity index (χ0v) is 14.7. The summed E-state index contributed by atoms with van der Waals surface area (Å²) in [4.78, 5) is 36.7. The van der Waals surface area contributed by atoms with Gasteiger partial charge in [-0.25, -0.2) is 8.78 Å². The van der Waals surface area contributed by atoms with E-state index in [4.69, 9.17) is 5.73 Å². The molecule has 0 saturated heterocycles. The first kappa shape index (κ1) is 20.0. The Balaban J connectivity index is 1.85. The van der Waals surface area contributed by atoms with Crippen LogP contribution in [0.5, 0.6) is 0 Å². The molecule has 8 heteroatoms. The largest absolute Gasteiger partial charge is 0.366 e. The molecule has 3 N–H and O–H groups in total. The van der Waals surface area contributed by atoms with Crippen molar-refractivity contribution in [1.82, 2.24) is 10.2 Å². The number of nitrogens with one attached hydrogen (secondary N) is 1. The molecule has 0 aliphatic carbocycles. The van der Waals surface area contributed by atoms with Crippen molar-refractivity contribution in [1.29, 1.82) is 0 Å². The molecule has 27 heavy (non-hydrogen) atoms. The summed E-state index contributed by atoms with van der Waals surface area (Å²) in [6, 6.07) is 9.26. The minimum Gasteiger partial charge on any atom is -0.366 e. The number of rotatable bonds is 7. The summed E-state index contributed by atoms with van der Waals surface area (Å²) in [5.74, 6) is -3.27. The van der Waals surface area contributed by atoms with Gasteiger partial charge >= 0.3 is 0 Å². The summed E-state index contributed by atoms with van der Waals surface area (Å²) >= 11 is 0. The highest BCUT2D eigenvalue weighted by Crippen LogP contribution is 2.10. The van der Waals surface area contributed by atoms with Gasteiger partial charge in [-0.1, -0.05) is 12.1 Å². The van der Waals surface area contributed by atoms with Crippen LogP contribution in [0.3, 0.4) is 0 Å². The molecule has 0 radical (unpaired) electrons. The Kier molecular flexibility index (Phi) is 6.59. The minimum absolute atomic E-state index is 0.000148. The molecule has 142 valence electrons. The first-order valence-electron chi connectivity index (χ1n) is 8.14. The topological polar surface area (TPSA) is 92.5 Å². The lowest BCUT2D eigenvalue weighted by atomic mass is 10.1. The summed E-state index contributed by atoms with van der Waals surface area (Å²) in [7, 11) is 1.58. The minimum atomic E-state index is -0.967. The van der Waals surface area contributed by atoms with Crippen LogP contribution in [0.25, 0.3) is 0 Å². The van der Waals surface area contributed by atoms with Crippen LogP contribution in [0.15, 0.2) is 42.5 Å². The number of hydrogen-bond acceptors (Lipinski definition) is 3. The van der Waals surface area contributed by atoms with E-state index >= 15 is 0 Å². The predicted octanol–water partition coefficient (Wildman–Crippen LogP) is 1.84. The lowest BCUT2D eigenvalue weighted by Gasteiger charge is -2.18. The predicted molar refractivity (Wildman–Crippen MR) is 94.7 cm³/mol. The zero-order valence-electron chi connectivity index (χ0n) is 14.7. The van der Waals surface area contributed by atoms with Crippen LogP contribution in [0.4, 0.5) is 8.78 Å². The van der Waals surface area contributed by atoms with Crippen molar-refractivity contribution in [2.45, 2.75) is 13.0 Å². The van der Waals surface area contributed by atoms with Crippen LogP contribution in [-0.4, -0.2) is 36.2 Å². The molecule has 0 fully saturated rings. The van der Waals surface area contributed by atoms with E-state index in [2.05, 4.69) is 5.32 Å². The smallest absolute Gasteiger partial charge is 0.254 e. The SMILES string of the molecule is CN(Cc1cccc(C(N)=O)c1)C(=O)CCNC(=O)c1ccc(F)cc1F. The lowest BCUT2D eigenvalue weighted by molar-refractivity contribution is -0.130. The van der Waals surface area contributed by atoms with Crippen molar-refractivity contribution < 1.29 is 23.2 Å². The normalized spacial score (nSPS) is 10.3. The van der Waals surface area contributed by atoms with Gasteiger partial charge in [0.25, 0.3) is 5.91 Å². The summed E-state index contributed by atoms with van der Waals surface area (Å²) in [5, 5.41) is 2.42. The van der Waals surface area contributed by atoms with Crippen LogP contribution in [0.2, 0.25) is 0 Å². The van der Waals surface area contributed by atoms with Crippen LogP contribution in [0, 0.1) is 11.6 Å². The number of hydrogen-bond donors (Lipinski definition) is 2. The summed E-state index contributed by atoms with van der Waals surface area (Å²) in [5.41, 5.74) is 6.02. The molecular formula is C19H19F2N3O3. The second-order valence-corrected chi connectivity index (χ2v) is 5.94. The van der Waals surface area contributed by atoms with E-state index in [1.165, 1.54) is 4.90 Å². The Morgan fingerprint density at radius 1 is 1.11 bits per heavy atom. The van der Waals surface area contributed by atoms with E-state index < -0.39 is 23.4 Å². The third-order valence-electron chi connectivity index (χ3n) is 3.86. The van der Waals surface area contributed by atoms with Crippen molar-refractivity contribution in [3.8, 4) is 0 Å². The highest BCUT2D eigenvalue weighted by molar-refractivity contribution is 5.94. The van der Waals surface area contributed by atoms with Gasteiger partial charge in [-0.05, 0) is 29.8 Å². The van der Waals surface area contributed by atoms with E-state index in [1.807, 2.05) is 0 Å². The number of carbonyl (C=O) groups is 3. The van der Waals surface area contributed by atoms with Crippen LogP contribution < -0.4 is 11.1 Å².